The molecular formula is C9H19N3O. The highest BCUT2D eigenvalue weighted by Gasteiger charge is 2.33. The van der Waals surface area contributed by atoms with E-state index in [1.54, 1.807) is 7.11 Å². The maximum absolute atomic E-state index is 5.90. The smallest absolute Gasteiger partial charge is 0.106 e. The molecule has 4 heteroatoms. The van der Waals surface area contributed by atoms with E-state index < -0.39 is 0 Å². The first-order chi connectivity index (χ1) is 5.95. The van der Waals surface area contributed by atoms with E-state index in [1.807, 2.05) is 0 Å². The van der Waals surface area contributed by atoms with Crippen molar-refractivity contribution >= 4 is 5.71 Å². The van der Waals surface area contributed by atoms with Crippen LogP contribution in [0.5, 0.6) is 0 Å². The van der Waals surface area contributed by atoms with Gasteiger partial charge in [-0.05, 0) is 20.8 Å². The molecule has 76 valence electrons. The van der Waals surface area contributed by atoms with Crippen molar-refractivity contribution in [3.8, 4) is 0 Å². The Labute approximate surface area is 79.7 Å². The lowest BCUT2D eigenvalue weighted by molar-refractivity contribution is 0.176. The number of hydrogen-bond donors (Lipinski definition) is 1. The minimum Gasteiger partial charge on any atom is -0.399 e. The van der Waals surface area contributed by atoms with Gasteiger partial charge in [-0.2, -0.15) is 0 Å². The van der Waals surface area contributed by atoms with Gasteiger partial charge in [0.1, 0.15) is 7.11 Å². The van der Waals surface area contributed by atoms with Crippen LogP contribution in [0.4, 0.5) is 0 Å². The molecule has 1 saturated heterocycles. The Bertz CT molecular complexity index is 207. The van der Waals surface area contributed by atoms with Crippen LogP contribution in [0.2, 0.25) is 0 Å². The molecule has 0 aromatic rings. The van der Waals surface area contributed by atoms with E-state index in [9.17, 15) is 0 Å². The van der Waals surface area contributed by atoms with Crippen molar-refractivity contribution < 1.29 is 4.84 Å². The summed E-state index contributed by atoms with van der Waals surface area (Å²) in [4.78, 5) is 7.04. The van der Waals surface area contributed by atoms with Crippen LogP contribution in [0.25, 0.3) is 0 Å². The van der Waals surface area contributed by atoms with Gasteiger partial charge < -0.3 is 10.6 Å². The minimum atomic E-state index is 0.0270. The molecule has 0 radical (unpaired) electrons. The highest BCUT2D eigenvalue weighted by atomic mass is 16.6. The number of nitrogens with two attached hydrogens (primary N) is 1. The van der Waals surface area contributed by atoms with Crippen molar-refractivity contribution in [2.45, 2.75) is 32.4 Å². The average Bonchev–Trinajstić information content (AvgIpc) is 2.32. The quantitative estimate of drug-likeness (QED) is 0.603. The van der Waals surface area contributed by atoms with Crippen LogP contribution in [0.15, 0.2) is 5.16 Å². The standard InChI is InChI=1S/C9H19N3O/c1-9(2,3)12-5-7(10)8(6-12)11-13-4/h7H,5-6,10H2,1-4H3/b11-8+/t7-/m0/s1. The highest BCUT2D eigenvalue weighted by molar-refractivity contribution is 5.93. The van der Waals surface area contributed by atoms with Gasteiger partial charge in [0.2, 0.25) is 0 Å². The van der Waals surface area contributed by atoms with E-state index in [0.29, 0.717) is 0 Å². The van der Waals surface area contributed by atoms with Gasteiger partial charge in [-0.3, -0.25) is 4.90 Å². The van der Waals surface area contributed by atoms with Gasteiger partial charge in [-0.1, -0.05) is 5.16 Å². The molecule has 0 aromatic carbocycles. The molecular weight excluding hydrogens is 166 g/mol. The third-order valence-electron chi connectivity index (χ3n) is 2.36. The van der Waals surface area contributed by atoms with E-state index in [2.05, 4.69) is 30.8 Å². The molecule has 1 aliphatic heterocycles. The summed E-state index contributed by atoms with van der Waals surface area (Å²) in [7, 11) is 1.56. The molecule has 1 rings (SSSR count). The summed E-state index contributed by atoms with van der Waals surface area (Å²) in [6.07, 6.45) is 0. The van der Waals surface area contributed by atoms with Crippen molar-refractivity contribution in [1.82, 2.24) is 4.90 Å². The lowest BCUT2D eigenvalue weighted by Gasteiger charge is -2.30. The maximum atomic E-state index is 5.90. The monoisotopic (exact) mass is 185 g/mol. The maximum Gasteiger partial charge on any atom is 0.106 e. The second-order valence-corrected chi connectivity index (χ2v) is 4.42. The van der Waals surface area contributed by atoms with Crippen LogP contribution in [-0.2, 0) is 4.84 Å². The summed E-state index contributed by atoms with van der Waals surface area (Å²) < 4.78 is 0. The molecule has 0 bridgehead atoms. The first-order valence-electron chi connectivity index (χ1n) is 4.55. The van der Waals surface area contributed by atoms with Crippen molar-refractivity contribution in [1.29, 1.82) is 0 Å². The molecule has 0 aromatic heterocycles. The molecule has 0 spiro atoms. The van der Waals surface area contributed by atoms with E-state index in [1.165, 1.54) is 0 Å². The number of oxime groups is 1. The summed E-state index contributed by atoms with van der Waals surface area (Å²) in [5.41, 5.74) is 7.00. The Morgan fingerprint density at radius 3 is 2.54 bits per heavy atom. The third kappa shape index (κ3) is 2.42. The highest BCUT2D eigenvalue weighted by Crippen LogP contribution is 2.18. The second-order valence-electron chi connectivity index (χ2n) is 4.42. The Balaban J connectivity index is 2.66. The lowest BCUT2D eigenvalue weighted by Crippen LogP contribution is -2.40. The average molecular weight is 185 g/mol. The first kappa shape index (κ1) is 10.5. The summed E-state index contributed by atoms with van der Waals surface area (Å²) in [5, 5.41) is 3.92. The fraction of sp³-hybridized carbons (Fsp3) is 0.889. The lowest BCUT2D eigenvalue weighted by atomic mass is 10.1. The molecule has 13 heavy (non-hydrogen) atoms. The second kappa shape index (κ2) is 3.64. The Morgan fingerprint density at radius 1 is 1.54 bits per heavy atom. The fourth-order valence-electron chi connectivity index (χ4n) is 1.45. The van der Waals surface area contributed by atoms with Gasteiger partial charge >= 0.3 is 0 Å². The van der Waals surface area contributed by atoms with Gasteiger partial charge in [0, 0.05) is 18.6 Å². The fourth-order valence-corrected chi connectivity index (χ4v) is 1.45. The van der Waals surface area contributed by atoms with Gasteiger partial charge in [0.05, 0.1) is 11.8 Å². The molecule has 1 heterocycles. The Kier molecular flexibility index (Phi) is 2.93. The topological polar surface area (TPSA) is 50.8 Å². The SMILES string of the molecule is CO/N=C1\CN(C(C)(C)C)C[C@@H]1N. The van der Waals surface area contributed by atoms with Crippen LogP contribution >= 0.6 is 0 Å². The molecule has 0 aliphatic carbocycles. The Hall–Kier alpha value is -0.610. The zero-order chi connectivity index (χ0) is 10.1. The summed E-state index contributed by atoms with van der Waals surface area (Å²) in [6.45, 7) is 8.21. The molecule has 2 N–H and O–H groups in total. The van der Waals surface area contributed by atoms with Crippen LogP contribution in [0, 0.1) is 0 Å². The summed E-state index contributed by atoms with van der Waals surface area (Å²) in [5.74, 6) is 0. The van der Waals surface area contributed by atoms with E-state index in [-0.39, 0.29) is 11.6 Å². The molecule has 1 fully saturated rings. The van der Waals surface area contributed by atoms with Crippen LogP contribution in [0.3, 0.4) is 0 Å². The summed E-state index contributed by atoms with van der Waals surface area (Å²) >= 11 is 0. The largest absolute Gasteiger partial charge is 0.399 e. The summed E-state index contributed by atoms with van der Waals surface area (Å²) in [6, 6.07) is 0.0270. The molecule has 0 amide bonds. The van der Waals surface area contributed by atoms with Gasteiger partial charge in [-0.25, -0.2) is 0 Å². The molecule has 1 atom stereocenters. The van der Waals surface area contributed by atoms with Crippen molar-refractivity contribution in [2.24, 2.45) is 10.9 Å². The van der Waals surface area contributed by atoms with Crippen molar-refractivity contribution in [2.75, 3.05) is 20.2 Å². The predicted molar refractivity (Wildman–Crippen MR) is 53.7 cm³/mol. The van der Waals surface area contributed by atoms with E-state index in [0.717, 1.165) is 18.8 Å². The van der Waals surface area contributed by atoms with Gasteiger partial charge in [-0.15, -0.1) is 0 Å². The van der Waals surface area contributed by atoms with E-state index in [4.69, 9.17) is 10.6 Å². The predicted octanol–water partition coefficient (Wildman–Crippen LogP) is 0.430. The molecule has 0 saturated carbocycles. The van der Waals surface area contributed by atoms with Crippen LogP contribution in [0.1, 0.15) is 20.8 Å². The number of likely N-dealkylation sites (tertiary alicyclic amines) is 1. The molecule has 1 aliphatic rings. The van der Waals surface area contributed by atoms with Crippen molar-refractivity contribution in [3.63, 3.8) is 0 Å². The van der Waals surface area contributed by atoms with E-state index >= 15 is 0 Å². The Morgan fingerprint density at radius 2 is 2.15 bits per heavy atom. The van der Waals surface area contributed by atoms with Gasteiger partial charge in [0.25, 0.3) is 0 Å². The van der Waals surface area contributed by atoms with Crippen molar-refractivity contribution in [3.05, 3.63) is 0 Å². The third-order valence-corrected chi connectivity index (χ3v) is 2.36. The zero-order valence-corrected chi connectivity index (χ0v) is 8.87. The normalized spacial score (nSPS) is 28.4. The number of hydrogen-bond acceptors (Lipinski definition) is 4. The molecule has 4 nitrogen and oxygen atoms in total. The number of nitrogens with zero attached hydrogens (tertiary/aromatic N) is 2. The van der Waals surface area contributed by atoms with Gasteiger partial charge in [0.15, 0.2) is 0 Å². The number of rotatable bonds is 1. The minimum absolute atomic E-state index is 0.0270. The molecule has 0 unspecified atom stereocenters. The first-order valence-corrected chi connectivity index (χ1v) is 4.55. The van der Waals surface area contributed by atoms with Crippen LogP contribution in [-0.4, -0.2) is 42.4 Å². The zero-order valence-electron chi connectivity index (χ0n) is 8.87. The van der Waals surface area contributed by atoms with Crippen LogP contribution < -0.4 is 5.73 Å².